The lowest BCUT2D eigenvalue weighted by molar-refractivity contribution is 0.577. The van der Waals surface area contributed by atoms with Gasteiger partial charge in [0.1, 0.15) is 11.6 Å². The third-order valence-corrected chi connectivity index (χ3v) is 2.22. The van der Waals surface area contributed by atoms with Gasteiger partial charge in [-0.05, 0) is 18.7 Å². The minimum Gasteiger partial charge on any atom is -0.330 e. The first-order chi connectivity index (χ1) is 7.70. The summed E-state index contributed by atoms with van der Waals surface area (Å²) < 4.78 is 27.6. The lowest BCUT2D eigenvalue weighted by Gasteiger charge is -2.02. The van der Waals surface area contributed by atoms with Crippen molar-refractivity contribution in [2.45, 2.75) is 6.42 Å². The van der Waals surface area contributed by atoms with Crippen LogP contribution in [0.5, 0.6) is 0 Å². The molecule has 0 amide bonds. The second kappa shape index (κ2) is 4.40. The summed E-state index contributed by atoms with van der Waals surface area (Å²) in [6.07, 6.45) is 3.81. The van der Waals surface area contributed by atoms with Crippen molar-refractivity contribution in [3.05, 3.63) is 48.1 Å². The summed E-state index contributed by atoms with van der Waals surface area (Å²) >= 11 is 0. The first kappa shape index (κ1) is 10.8. The van der Waals surface area contributed by atoms with Gasteiger partial charge in [-0.15, -0.1) is 0 Å². The second-order valence-corrected chi connectivity index (χ2v) is 3.41. The Hall–Kier alpha value is -1.75. The van der Waals surface area contributed by atoms with E-state index in [1.807, 2.05) is 0 Å². The van der Waals surface area contributed by atoms with Gasteiger partial charge in [-0.2, -0.15) is 0 Å². The number of imidazole rings is 1. The summed E-state index contributed by atoms with van der Waals surface area (Å²) in [5, 5.41) is 0. The zero-order chi connectivity index (χ0) is 11.5. The van der Waals surface area contributed by atoms with Gasteiger partial charge in [0.25, 0.3) is 0 Å². The van der Waals surface area contributed by atoms with Crippen LogP contribution in [0, 0.1) is 11.6 Å². The van der Waals surface area contributed by atoms with Crippen LogP contribution in [-0.4, -0.2) is 16.1 Å². The molecule has 0 saturated heterocycles. The van der Waals surface area contributed by atoms with Crippen LogP contribution in [0.1, 0.15) is 5.69 Å². The third kappa shape index (κ3) is 2.09. The number of benzene rings is 1. The number of halogens is 2. The quantitative estimate of drug-likeness (QED) is 0.859. The summed E-state index contributed by atoms with van der Waals surface area (Å²) in [6.45, 7) is 0.489. The standard InChI is InChI=1S/C11H11F2N3/c12-8-1-2-11(10(13)5-8)16-6-9(3-4-14)15-7-16/h1-2,5-7H,3-4,14H2. The Morgan fingerprint density at radius 3 is 2.81 bits per heavy atom. The molecule has 0 atom stereocenters. The average molecular weight is 223 g/mol. The fourth-order valence-corrected chi connectivity index (χ4v) is 1.46. The first-order valence-electron chi connectivity index (χ1n) is 4.89. The van der Waals surface area contributed by atoms with Crippen LogP contribution in [0.25, 0.3) is 5.69 Å². The van der Waals surface area contributed by atoms with Crippen molar-refractivity contribution >= 4 is 0 Å². The molecule has 0 aliphatic heterocycles. The molecular formula is C11H11F2N3. The van der Waals surface area contributed by atoms with Crippen molar-refractivity contribution in [3.63, 3.8) is 0 Å². The molecule has 0 fully saturated rings. The third-order valence-electron chi connectivity index (χ3n) is 2.22. The van der Waals surface area contributed by atoms with E-state index in [-0.39, 0.29) is 5.69 Å². The normalized spacial score (nSPS) is 10.7. The number of rotatable bonds is 3. The molecule has 16 heavy (non-hydrogen) atoms. The van der Waals surface area contributed by atoms with Gasteiger partial charge in [-0.1, -0.05) is 0 Å². The molecule has 84 valence electrons. The van der Waals surface area contributed by atoms with Crippen LogP contribution in [0.3, 0.4) is 0 Å². The molecule has 2 N–H and O–H groups in total. The highest BCUT2D eigenvalue weighted by Crippen LogP contribution is 2.15. The number of nitrogens with zero attached hydrogens (tertiary/aromatic N) is 2. The van der Waals surface area contributed by atoms with E-state index < -0.39 is 11.6 Å². The Kier molecular flexibility index (Phi) is 2.96. The average Bonchev–Trinajstić information content (AvgIpc) is 2.67. The van der Waals surface area contributed by atoms with Crippen molar-refractivity contribution in [1.29, 1.82) is 0 Å². The maximum atomic E-state index is 13.4. The molecular weight excluding hydrogens is 212 g/mol. The molecule has 1 aromatic carbocycles. The van der Waals surface area contributed by atoms with E-state index in [2.05, 4.69) is 4.98 Å². The number of hydrogen-bond donors (Lipinski definition) is 1. The van der Waals surface area contributed by atoms with Crippen LogP contribution in [0.4, 0.5) is 8.78 Å². The Morgan fingerprint density at radius 2 is 2.12 bits per heavy atom. The van der Waals surface area contributed by atoms with Crippen molar-refractivity contribution in [2.75, 3.05) is 6.54 Å². The van der Waals surface area contributed by atoms with Crippen molar-refractivity contribution in [3.8, 4) is 5.69 Å². The minimum absolute atomic E-state index is 0.275. The first-order valence-corrected chi connectivity index (χ1v) is 4.89. The molecule has 1 aromatic heterocycles. The van der Waals surface area contributed by atoms with Gasteiger partial charge in [0.15, 0.2) is 0 Å². The molecule has 0 spiro atoms. The minimum atomic E-state index is -0.614. The second-order valence-electron chi connectivity index (χ2n) is 3.41. The molecule has 0 aliphatic carbocycles. The molecule has 0 bridgehead atoms. The molecule has 0 unspecified atom stereocenters. The summed E-state index contributed by atoms with van der Waals surface area (Å²) in [4.78, 5) is 4.07. The van der Waals surface area contributed by atoms with Crippen LogP contribution >= 0.6 is 0 Å². The Balaban J connectivity index is 2.35. The van der Waals surface area contributed by atoms with E-state index in [9.17, 15) is 8.78 Å². The van der Waals surface area contributed by atoms with E-state index >= 15 is 0 Å². The van der Waals surface area contributed by atoms with E-state index in [4.69, 9.17) is 5.73 Å². The molecule has 0 saturated carbocycles. The van der Waals surface area contributed by atoms with Crippen LogP contribution < -0.4 is 5.73 Å². The SMILES string of the molecule is NCCc1cn(-c2ccc(F)cc2F)cn1. The summed E-state index contributed by atoms with van der Waals surface area (Å²) in [5.74, 6) is -1.21. The molecule has 3 nitrogen and oxygen atoms in total. The summed E-state index contributed by atoms with van der Waals surface area (Å²) in [7, 11) is 0. The predicted octanol–water partition coefficient (Wildman–Crippen LogP) is 1.65. The zero-order valence-electron chi connectivity index (χ0n) is 8.53. The molecule has 0 aliphatic rings. The molecule has 5 heteroatoms. The van der Waals surface area contributed by atoms with Crippen LogP contribution in [0.15, 0.2) is 30.7 Å². The summed E-state index contributed by atoms with van der Waals surface area (Å²) in [5.41, 5.74) is 6.44. The maximum Gasteiger partial charge on any atom is 0.150 e. The highest BCUT2D eigenvalue weighted by molar-refractivity contribution is 5.34. The van der Waals surface area contributed by atoms with Crippen molar-refractivity contribution < 1.29 is 8.78 Å². The number of nitrogens with two attached hydrogens (primary N) is 1. The molecule has 0 radical (unpaired) electrons. The smallest absolute Gasteiger partial charge is 0.150 e. The largest absolute Gasteiger partial charge is 0.330 e. The predicted molar refractivity (Wildman–Crippen MR) is 56.2 cm³/mol. The van der Waals surface area contributed by atoms with Crippen LogP contribution in [-0.2, 0) is 6.42 Å². The van der Waals surface area contributed by atoms with Gasteiger partial charge in [0.2, 0.25) is 0 Å². The van der Waals surface area contributed by atoms with Gasteiger partial charge in [-0.3, -0.25) is 0 Å². The lowest BCUT2D eigenvalue weighted by Crippen LogP contribution is -2.02. The van der Waals surface area contributed by atoms with Gasteiger partial charge < -0.3 is 10.3 Å². The Labute approximate surface area is 91.5 Å². The highest BCUT2D eigenvalue weighted by Gasteiger charge is 2.06. The lowest BCUT2D eigenvalue weighted by atomic mass is 10.3. The van der Waals surface area contributed by atoms with Gasteiger partial charge in [0.05, 0.1) is 17.7 Å². The van der Waals surface area contributed by atoms with Gasteiger partial charge in [-0.25, -0.2) is 13.8 Å². The highest BCUT2D eigenvalue weighted by atomic mass is 19.1. The fourth-order valence-electron chi connectivity index (χ4n) is 1.46. The van der Waals surface area contributed by atoms with Crippen molar-refractivity contribution in [2.24, 2.45) is 5.73 Å². The topological polar surface area (TPSA) is 43.8 Å². The van der Waals surface area contributed by atoms with Crippen LogP contribution in [0.2, 0.25) is 0 Å². The number of hydrogen-bond acceptors (Lipinski definition) is 2. The summed E-state index contributed by atoms with van der Waals surface area (Å²) in [6, 6.07) is 3.43. The zero-order valence-corrected chi connectivity index (χ0v) is 8.53. The van der Waals surface area contributed by atoms with E-state index in [0.29, 0.717) is 13.0 Å². The van der Waals surface area contributed by atoms with E-state index in [0.717, 1.165) is 11.8 Å². The van der Waals surface area contributed by atoms with Gasteiger partial charge in [0, 0.05) is 18.7 Å². The molecule has 2 rings (SSSR count). The number of aromatic nitrogens is 2. The van der Waals surface area contributed by atoms with Gasteiger partial charge >= 0.3 is 0 Å². The monoisotopic (exact) mass is 223 g/mol. The molecule has 2 aromatic rings. The van der Waals surface area contributed by atoms with E-state index in [1.54, 1.807) is 6.20 Å². The molecule has 1 heterocycles. The van der Waals surface area contributed by atoms with Crippen molar-refractivity contribution in [1.82, 2.24) is 9.55 Å². The Bertz CT molecular complexity index is 494. The van der Waals surface area contributed by atoms with E-state index in [1.165, 1.54) is 23.0 Å². The Morgan fingerprint density at radius 1 is 1.31 bits per heavy atom. The maximum absolute atomic E-state index is 13.4. The fraction of sp³-hybridized carbons (Fsp3) is 0.182.